The molecule has 2 aliphatic carbocycles. The van der Waals surface area contributed by atoms with Crippen LogP contribution in [0.2, 0.25) is 0 Å². The van der Waals surface area contributed by atoms with Crippen molar-refractivity contribution in [2.75, 3.05) is 6.54 Å². The third-order valence-electron chi connectivity index (χ3n) is 5.38. The van der Waals surface area contributed by atoms with E-state index in [9.17, 15) is 0 Å². The zero-order valence-electron chi connectivity index (χ0n) is 12.4. The van der Waals surface area contributed by atoms with Crippen LogP contribution in [0.4, 0.5) is 0 Å². The standard InChI is InChI=1S/C17H26BrNO/c1-2-19-17(15-9-10-16(18)20-15)14-8-7-12-5-3-4-6-13(12)11-14/h9-10,12-14,17,19H,2-8,11H2,1H3. The average molecular weight is 340 g/mol. The molecular formula is C17H26BrNO. The first-order valence-corrected chi connectivity index (χ1v) is 9.06. The number of halogens is 1. The molecule has 20 heavy (non-hydrogen) atoms. The van der Waals surface area contributed by atoms with Crippen molar-refractivity contribution in [3.63, 3.8) is 0 Å². The van der Waals surface area contributed by atoms with Gasteiger partial charge in [-0.25, -0.2) is 0 Å². The molecule has 2 saturated carbocycles. The molecule has 4 unspecified atom stereocenters. The van der Waals surface area contributed by atoms with Gasteiger partial charge in [0.2, 0.25) is 0 Å². The lowest BCUT2D eigenvalue weighted by atomic mass is 9.66. The van der Waals surface area contributed by atoms with Gasteiger partial charge in [-0.2, -0.15) is 0 Å². The van der Waals surface area contributed by atoms with E-state index in [1.807, 2.05) is 6.07 Å². The van der Waals surface area contributed by atoms with E-state index in [-0.39, 0.29) is 0 Å². The minimum Gasteiger partial charge on any atom is -0.453 e. The molecule has 0 aromatic carbocycles. The van der Waals surface area contributed by atoms with Crippen LogP contribution in [-0.2, 0) is 0 Å². The maximum absolute atomic E-state index is 5.84. The van der Waals surface area contributed by atoms with Crippen LogP contribution >= 0.6 is 15.9 Å². The molecule has 112 valence electrons. The van der Waals surface area contributed by atoms with Crippen LogP contribution in [0.5, 0.6) is 0 Å². The van der Waals surface area contributed by atoms with E-state index in [1.54, 1.807) is 0 Å². The number of fused-ring (bicyclic) bond motifs is 1. The number of hydrogen-bond donors (Lipinski definition) is 1. The smallest absolute Gasteiger partial charge is 0.169 e. The maximum atomic E-state index is 5.84. The van der Waals surface area contributed by atoms with Crippen LogP contribution < -0.4 is 5.32 Å². The van der Waals surface area contributed by atoms with Gasteiger partial charge in [-0.1, -0.05) is 32.6 Å². The molecule has 3 rings (SSSR count). The molecule has 0 spiro atoms. The largest absolute Gasteiger partial charge is 0.453 e. The van der Waals surface area contributed by atoms with E-state index in [2.05, 4.69) is 34.2 Å². The van der Waals surface area contributed by atoms with Gasteiger partial charge in [-0.3, -0.25) is 0 Å². The molecule has 0 saturated heterocycles. The monoisotopic (exact) mass is 339 g/mol. The fourth-order valence-electron chi connectivity index (χ4n) is 4.43. The van der Waals surface area contributed by atoms with Crippen molar-refractivity contribution in [1.29, 1.82) is 0 Å². The van der Waals surface area contributed by atoms with Gasteiger partial charge in [-0.15, -0.1) is 0 Å². The fourth-order valence-corrected chi connectivity index (χ4v) is 4.75. The van der Waals surface area contributed by atoms with E-state index in [0.717, 1.165) is 34.7 Å². The summed E-state index contributed by atoms with van der Waals surface area (Å²) in [6, 6.07) is 4.55. The Hall–Kier alpha value is -0.280. The van der Waals surface area contributed by atoms with E-state index in [1.165, 1.54) is 44.9 Å². The van der Waals surface area contributed by atoms with E-state index >= 15 is 0 Å². The van der Waals surface area contributed by atoms with Gasteiger partial charge in [0, 0.05) is 0 Å². The first-order chi connectivity index (χ1) is 9.78. The molecular weight excluding hydrogens is 314 g/mol. The lowest BCUT2D eigenvalue weighted by molar-refractivity contribution is 0.104. The normalized spacial score (nSPS) is 31.8. The molecule has 0 aliphatic heterocycles. The Bertz CT molecular complexity index is 430. The van der Waals surface area contributed by atoms with E-state index in [4.69, 9.17) is 4.42 Å². The summed E-state index contributed by atoms with van der Waals surface area (Å²) in [6.07, 6.45) is 10.0. The Morgan fingerprint density at radius 2 is 2.00 bits per heavy atom. The molecule has 4 atom stereocenters. The quantitative estimate of drug-likeness (QED) is 0.805. The van der Waals surface area contributed by atoms with Crippen molar-refractivity contribution in [3.8, 4) is 0 Å². The molecule has 2 nitrogen and oxygen atoms in total. The highest BCUT2D eigenvalue weighted by Crippen LogP contribution is 2.46. The van der Waals surface area contributed by atoms with Gasteiger partial charge in [0.05, 0.1) is 6.04 Å². The summed E-state index contributed by atoms with van der Waals surface area (Å²) < 4.78 is 6.69. The maximum Gasteiger partial charge on any atom is 0.169 e. The summed E-state index contributed by atoms with van der Waals surface area (Å²) in [5, 5.41) is 3.66. The Labute approximate surface area is 130 Å². The van der Waals surface area contributed by atoms with Gasteiger partial charge in [0.1, 0.15) is 5.76 Å². The second kappa shape index (κ2) is 6.65. The van der Waals surface area contributed by atoms with Gasteiger partial charge in [-0.05, 0) is 71.6 Å². The Morgan fingerprint density at radius 3 is 2.70 bits per heavy atom. The van der Waals surface area contributed by atoms with Crippen molar-refractivity contribution in [1.82, 2.24) is 5.32 Å². The van der Waals surface area contributed by atoms with Gasteiger partial charge >= 0.3 is 0 Å². The summed E-state index contributed by atoms with van der Waals surface area (Å²) >= 11 is 3.44. The Kier molecular flexibility index (Phi) is 4.87. The van der Waals surface area contributed by atoms with Crippen molar-refractivity contribution in [2.24, 2.45) is 17.8 Å². The van der Waals surface area contributed by atoms with Gasteiger partial charge in [0.25, 0.3) is 0 Å². The van der Waals surface area contributed by atoms with Crippen LogP contribution in [0.1, 0.15) is 63.7 Å². The zero-order valence-corrected chi connectivity index (χ0v) is 14.0. The highest BCUT2D eigenvalue weighted by atomic mass is 79.9. The van der Waals surface area contributed by atoms with Crippen LogP contribution in [0.25, 0.3) is 0 Å². The second-order valence-electron chi connectivity index (χ2n) is 6.55. The third-order valence-corrected chi connectivity index (χ3v) is 5.80. The number of furan rings is 1. The van der Waals surface area contributed by atoms with E-state index < -0.39 is 0 Å². The van der Waals surface area contributed by atoms with E-state index in [0.29, 0.717) is 6.04 Å². The predicted molar refractivity (Wildman–Crippen MR) is 85.6 cm³/mol. The number of rotatable bonds is 4. The molecule has 1 N–H and O–H groups in total. The number of hydrogen-bond acceptors (Lipinski definition) is 2. The van der Waals surface area contributed by atoms with Crippen LogP contribution in [0, 0.1) is 17.8 Å². The lowest BCUT2D eigenvalue weighted by Crippen LogP contribution is -2.35. The molecule has 1 aromatic heterocycles. The highest BCUT2D eigenvalue weighted by Gasteiger charge is 2.36. The van der Waals surface area contributed by atoms with Crippen molar-refractivity contribution in [3.05, 3.63) is 22.6 Å². The summed E-state index contributed by atoms with van der Waals surface area (Å²) in [7, 11) is 0. The van der Waals surface area contributed by atoms with Gasteiger partial charge in [0.15, 0.2) is 4.67 Å². The summed E-state index contributed by atoms with van der Waals surface area (Å²) in [6.45, 7) is 3.20. The Balaban J connectivity index is 1.71. The lowest BCUT2D eigenvalue weighted by Gasteiger charge is -2.41. The minimum atomic E-state index is 0.397. The molecule has 0 bridgehead atoms. The molecule has 1 heterocycles. The molecule has 0 amide bonds. The second-order valence-corrected chi connectivity index (χ2v) is 7.34. The van der Waals surface area contributed by atoms with Crippen LogP contribution in [0.3, 0.4) is 0 Å². The predicted octanol–water partition coefficient (Wildman–Crippen LogP) is 5.30. The molecule has 2 aliphatic rings. The Morgan fingerprint density at radius 1 is 1.20 bits per heavy atom. The van der Waals surface area contributed by atoms with Crippen LogP contribution in [0.15, 0.2) is 21.2 Å². The van der Waals surface area contributed by atoms with Crippen molar-refractivity contribution < 1.29 is 4.42 Å². The topological polar surface area (TPSA) is 25.2 Å². The summed E-state index contributed by atoms with van der Waals surface area (Å²) in [5.74, 6) is 3.85. The molecule has 0 radical (unpaired) electrons. The average Bonchev–Trinajstić information content (AvgIpc) is 2.90. The summed E-state index contributed by atoms with van der Waals surface area (Å²) in [4.78, 5) is 0. The van der Waals surface area contributed by atoms with Crippen molar-refractivity contribution >= 4 is 15.9 Å². The summed E-state index contributed by atoms with van der Waals surface area (Å²) in [5.41, 5.74) is 0. The molecule has 1 aromatic rings. The molecule has 3 heteroatoms. The van der Waals surface area contributed by atoms with Gasteiger partial charge < -0.3 is 9.73 Å². The first-order valence-electron chi connectivity index (χ1n) is 8.26. The third kappa shape index (κ3) is 3.14. The minimum absolute atomic E-state index is 0.397. The zero-order chi connectivity index (χ0) is 13.9. The fraction of sp³-hybridized carbons (Fsp3) is 0.765. The first kappa shape index (κ1) is 14.6. The highest BCUT2D eigenvalue weighted by molar-refractivity contribution is 9.10. The van der Waals surface area contributed by atoms with Crippen LogP contribution in [-0.4, -0.2) is 6.54 Å². The molecule has 2 fully saturated rings. The SMILES string of the molecule is CCNC(c1ccc(Br)o1)C1CCC2CCCCC2C1. The number of nitrogens with one attached hydrogen (secondary N) is 1. The van der Waals surface area contributed by atoms with Crippen molar-refractivity contribution in [2.45, 2.75) is 57.9 Å².